The Bertz CT molecular complexity index is 899. The third kappa shape index (κ3) is 8.54. The first-order chi connectivity index (χ1) is 16.6. The van der Waals surface area contributed by atoms with E-state index in [0.717, 1.165) is 24.8 Å². The van der Waals surface area contributed by atoms with Crippen LogP contribution in [0.25, 0.3) is 0 Å². The van der Waals surface area contributed by atoms with E-state index >= 15 is 0 Å². The molecule has 0 bridgehead atoms. The maximum absolute atomic E-state index is 13.3. The Morgan fingerprint density at radius 1 is 1.06 bits per heavy atom. The molecule has 1 aromatic carbocycles. The first-order valence-electron chi connectivity index (χ1n) is 12.4. The molecule has 2 rings (SSSR count). The Labute approximate surface area is 208 Å². The molecule has 0 fully saturated rings. The Kier molecular flexibility index (Phi) is 11.0. The van der Waals surface area contributed by atoms with Gasteiger partial charge in [0.1, 0.15) is 12.1 Å². The Morgan fingerprint density at radius 3 is 2.43 bits per heavy atom. The average Bonchev–Trinajstić information content (AvgIpc) is 2.83. The molecule has 3 amide bonds. The van der Waals surface area contributed by atoms with Gasteiger partial charge in [0.25, 0.3) is 0 Å². The summed E-state index contributed by atoms with van der Waals surface area (Å²) in [5, 5.41) is 11.6. The number of aliphatic imine (C=N–C) groups is 1. The zero-order chi connectivity index (χ0) is 26.0. The molecule has 1 aliphatic carbocycles. The van der Waals surface area contributed by atoms with Crippen molar-refractivity contribution in [3.63, 3.8) is 0 Å². The van der Waals surface area contributed by atoms with Crippen molar-refractivity contribution in [1.82, 2.24) is 21.3 Å². The van der Waals surface area contributed by atoms with Crippen molar-refractivity contribution in [1.29, 1.82) is 0 Å². The number of carbonyl (C=O) groups excluding carboxylic acids is 3. The van der Waals surface area contributed by atoms with Gasteiger partial charge in [-0.3, -0.25) is 19.4 Å². The maximum Gasteiger partial charge on any atom is 0.243 e. The number of carbonyl (C=O) groups is 3. The van der Waals surface area contributed by atoms with E-state index in [9.17, 15) is 14.4 Å². The van der Waals surface area contributed by atoms with Crippen molar-refractivity contribution in [3.8, 4) is 0 Å². The predicted molar refractivity (Wildman–Crippen MR) is 137 cm³/mol. The number of nitrogens with zero attached hydrogens (tertiary/aromatic N) is 1. The molecule has 0 aromatic heterocycles. The van der Waals surface area contributed by atoms with Gasteiger partial charge in [-0.15, -0.1) is 0 Å². The molecule has 1 unspecified atom stereocenters. The largest absolute Gasteiger partial charge is 0.370 e. The third-order valence-corrected chi connectivity index (χ3v) is 6.34. The number of nitrogens with one attached hydrogen (secondary N) is 4. The summed E-state index contributed by atoms with van der Waals surface area (Å²) in [6.07, 6.45) is 3.67. The smallest absolute Gasteiger partial charge is 0.243 e. The van der Waals surface area contributed by atoms with Crippen LogP contribution in [0.1, 0.15) is 63.6 Å². The molecule has 10 heteroatoms. The molecule has 0 heterocycles. The predicted octanol–water partition coefficient (Wildman–Crippen LogP) is 0.467. The molecule has 35 heavy (non-hydrogen) atoms. The van der Waals surface area contributed by atoms with E-state index in [1.54, 1.807) is 14.0 Å². The molecule has 8 N–H and O–H groups in total. The minimum atomic E-state index is -0.786. The summed E-state index contributed by atoms with van der Waals surface area (Å²) in [5.41, 5.74) is 13.2. The number of guanidine groups is 1. The average molecular weight is 488 g/mol. The van der Waals surface area contributed by atoms with Crippen LogP contribution in [0.2, 0.25) is 0 Å². The van der Waals surface area contributed by atoms with E-state index in [-0.39, 0.29) is 29.7 Å². The zero-order valence-corrected chi connectivity index (χ0v) is 21.3. The highest BCUT2D eigenvalue weighted by Crippen LogP contribution is 2.29. The molecule has 10 nitrogen and oxygen atoms in total. The molecule has 4 atom stereocenters. The molecule has 0 radical (unpaired) electrons. The van der Waals surface area contributed by atoms with Crippen LogP contribution in [0.3, 0.4) is 0 Å². The van der Waals surface area contributed by atoms with Crippen molar-refractivity contribution in [2.75, 3.05) is 13.6 Å². The summed E-state index contributed by atoms with van der Waals surface area (Å²) in [6.45, 7) is 5.76. The van der Waals surface area contributed by atoms with Crippen molar-refractivity contribution in [2.24, 2.45) is 22.4 Å². The molecule has 0 spiro atoms. The summed E-state index contributed by atoms with van der Waals surface area (Å²) in [5.74, 6) is -1.13. The second kappa shape index (κ2) is 13.7. The van der Waals surface area contributed by atoms with Gasteiger partial charge in [-0.25, -0.2) is 0 Å². The Balaban J connectivity index is 2.15. The molecule has 0 saturated heterocycles. The van der Waals surface area contributed by atoms with Crippen LogP contribution in [0.4, 0.5) is 0 Å². The maximum atomic E-state index is 13.3. The number of nitrogens with two attached hydrogens (primary N) is 2. The van der Waals surface area contributed by atoms with Gasteiger partial charge in [0.2, 0.25) is 17.7 Å². The molecule has 1 aromatic rings. The van der Waals surface area contributed by atoms with Crippen LogP contribution in [0.15, 0.2) is 29.3 Å². The van der Waals surface area contributed by atoms with Gasteiger partial charge in [0.05, 0.1) is 12.1 Å². The number of benzene rings is 1. The number of amides is 3. The minimum Gasteiger partial charge on any atom is -0.370 e. The monoisotopic (exact) mass is 487 g/mol. The van der Waals surface area contributed by atoms with Gasteiger partial charge in [0.15, 0.2) is 5.96 Å². The SMILES string of the molecule is CN[C@@H](C)C(=O)N[C@H](C(=O)N[C@@H](CCCN=C(N)N)C(=O)NC1CCCc2ccccc21)C(C)C. The fourth-order valence-corrected chi connectivity index (χ4v) is 4.15. The van der Waals surface area contributed by atoms with E-state index in [1.807, 2.05) is 32.0 Å². The van der Waals surface area contributed by atoms with Crippen LogP contribution >= 0.6 is 0 Å². The van der Waals surface area contributed by atoms with Crippen molar-refractivity contribution in [2.45, 2.75) is 77.0 Å². The van der Waals surface area contributed by atoms with E-state index in [1.165, 1.54) is 5.56 Å². The topological polar surface area (TPSA) is 164 Å². The first kappa shape index (κ1) is 28.1. The van der Waals surface area contributed by atoms with Gasteiger partial charge < -0.3 is 32.7 Å². The van der Waals surface area contributed by atoms with Crippen LogP contribution in [-0.2, 0) is 20.8 Å². The van der Waals surface area contributed by atoms with Gasteiger partial charge in [-0.2, -0.15) is 0 Å². The zero-order valence-electron chi connectivity index (χ0n) is 21.3. The molecule has 194 valence electrons. The molecular weight excluding hydrogens is 446 g/mol. The lowest BCUT2D eigenvalue weighted by molar-refractivity contribution is -0.133. The van der Waals surface area contributed by atoms with Crippen LogP contribution in [0.5, 0.6) is 0 Å². The fraction of sp³-hybridized carbons (Fsp3) is 0.600. The first-order valence-corrected chi connectivity index (χ1v) is 12.4. The lowest BCUT2D eigenvalue weighted by atomic mass is 9.87. The highest BCUT2D eigenvalue weighted by Gasteiger charge is 2.31. The number of rotatable bonds is 12. The van der Waals surface area contributed by atoms with Gasteiger partial charge in [0, 0.05) is 6.54 Å². The second-order valence-electron chi connectivity index (χ2n) is 9.40. The van der Waals surface area contributed by atoms with Crippen LogP contribution in [0, 0.1) is 5.92 Å². The Hall–Kier alpha value is -3.14. The Morgan fingerprint density at radius 2 is 1.77 bits per heavy atom. The van der Waals surface area contributed by atoms with E-state index in [4.69, 9.17) is 11.5 Å². The van der Waals surface area contributed by atoms with Gasteiger partial charge in [-0.05, 0) is 63.1 Å². The lowest BCUT2D eigenvalue weighted by Gasteiger charge is -2.30. The summed E-state index contributed by atoms with van der Waals surface area (Å²) < 4.78 is 0. The standard InChI is InChI=1S/C25H41N7O3/c1-15(2)21(32-22(33)16(3)28-4)24(35)31-20(13-8-14-29-25(26)27)23(34)30-19-12-7-10-17-9-5-6-11-18(17)19/h5-6,9,11,15-16,19-21,28H,7-8,10,12-14H2,1-4H3,(H,30,34)(H,31,35)(H,32,33)(H4,26,27,29)/t16-,19?,20-,21-/m0/s1. The molecular formula is C25H41N7O3. The highest BCUT2D eigenvalue weighted by molar-refractivity contribution is 5.93. The quantitative estimate of drug-likeness (QED) is 0.142. The number of aryl methyl sites for hydroxylation is 1. The fourth-order valence-electron chi connectivity index (χ4n) is 4.15. The number of fused-ring (bicyclic) bond motifs is 1. The summed E-state index contributed by atoms with van der Waals surface area (Å²) in [7, 11) is 1.68. The second-order valence-corrected chi connectivity index (χ2v) is 9.40. The summed E-state index contributed by atoms with van der Waals surface area (Å²) in [6, 6.07) is 5.98. The molecule has 1 aliphatic rings. The van der Waals surface area contributed by atoms with Crippen LogP contribution in [-0.4, -0.2) is 55.4 Å². The third-order valence-electron chi connectivity index (χ3n) is 6.34. The minimum absolute atomic E-state index is 0.0184. The lowest BCUT2D eigenvalue weighted by Crippen LogP contribution is -2.57. The van der Waals surface area contributed by atoms with Crippen LogP contribution < -0.4 is 32.7 Å². The van der Waals surface area contributed by atoms with E-state index < -0.39 is 24.0 Å². The van der Waals surface area contributed by atoms with Crippen molar-refractivity contribution < 1.29 is 14.4 Å². The molecule has 0 saturated carbocycles. The van der Waals surface area contributed by atoms with E-state index in [2.05, 4.69) is 32.3 Å². The summed E-state index contributed by atoms with van der Waals surface area (Å²) >= 11 is 0. The van der Waals surface area contributed by atoms with Gasteiger partial charge >= 0.3 is 0 Å². The summed E-state index contributed by atoms with van der Waals surface area (Å²) in [4.78, 5) is 42.9. The van der Waals surface area contributed by atoms with Gasteiger partial charge in [-0.1, -0.05) is 38.1 Å². The normalized spacial score (nSPS) is 17.5. The number of likely N-dealkylation sites (N-methyl/N-ethyl adjacent to an activating group) is 1. The van der Waals surface area contributed by atoms with Crippen molar-refractivity contribution in [3.05, 3.63) is 35.4 Å². The molecule has 0 aliphatic heterocycles. The number of hydrogen-bond donors (Lipinski definition) is 6. The van der Waals surface area contributed by atoms with E-state index in [0.29, 0.717) is 19.4 Å². The van der Waals surface area contributed by atoms with Crippen molar-refractivity contribution >= 4 is 23.7 Å². The number of hydrogen-bond acceptors (Lipinski definition) is 5. The highest BCUT2D eigenvalue weighted by atomic mass is 16.2.